The molecule has 66 valence electrons. The fourth-order valence-corrected chi connectivity index (χ4v) is 1.05. The van der Waals surface area contributed by atoms with E-state index in [1.54, 1.807) is 24.3 Å². The maximum Gasteiger partial charge on any atom is 0.347 e. The lowest BCUT2D eigenvalue weighted by atomic mass is 10.3. The minimum absolute atomic E-state index is 0.259. The van der Waals surface area contributed by atoms with E-state index in [0.717, 1.165) is 0 Å². The van der Waals surface area contributed by atoms with Gasteiger partial charge in [0.25, 0.3) is 0 Å². The Balaban J connectivity index is 2.54. The number of H-pyrrole nitrogens is 1. The molecule has 1 aromatic carbocycles. The molecule has 0 aliphatic carbocycles. The van der Waals surface area contributed by atoms with Crippen LogP contribution in [0.2, 0.25) is 0 Å². The summed E-state index contributed by atoms with van der Waals surface area (Å²) in [7, 11) is 0. The second-order valence-corrected chi connectivity index (χ2v) is 2.60. The standard InChI is InChI=1S/C8H8N4O/c9-6-1-3-7(4-2-6)12-8(13)10-5-11-12/h1-5H,9H2,(H,10,11,13). The average molecular weight is 176 g/mol. The van der Waals surface area contributed by atoms with Crippen molar-refractivity contribution in [2.75, 3.05) is 5.73 Å². The highest BCUT2D eigenvalue weighted by atomic mass is 16.1. The quantitative estimate of drug-likeness (QED) is 0.607. The van der Waals surface area contributed by atoms with Gasteiger partial charge in [-0.1, -0.05) is 0 Å². The molecule has 5 nitrogen and oxygen atoms in total. The van der Waals surface area contributed by atoms with Gasteiger partial charge in [-0.15, -0.1) is 0 Å². The molecule has 0 fully saturated rings. The number of benzene rings is 1. The lowest BCUT2D eigenvalue weighted by Crippen LogP contribution is -2.15. The number of hydrogen-bond donors (Lipinski definition) is 2. The van der Waals surface area contributed by atoms with Gasteiger partial charge in [-0.05, 0) is 24.3 Å². The predicted octanol–water partition coefficient (Wildman–Crippen LogP) is 0.143. The van der Waals surface area contributed by atoms with Crippen LogP contribution in [0.15, 0.2) is 35.4 Å². The summed E-state index contributed by atoms with van der Waals surface area (Å²) >= 11 is 0. The van der Waals surface area contributed by atoms with Crippen molar-refractivity contribution in [2.45, 2.75) is 0 Å². The summed E-state index contributed by atoms with van der Waals surface area (Å²) in [5.41, 5.74) is 6.60. The number of nitrogens with one attached hydrogen (secondary N) is 1. The summed E-state index contributed by atoms with van der Waals surface area (Å²) in [6.45, 7) is 0. The molecule has 0 atom stereocenters. The van der Waals surface area contributed by atoms with E-state index in [4.69, 9.17) is 5.73 Å². The maximum atomic E-state index is 11.1. The summed E-state index contributed by atoms with van der Waals surface area (Å²) in [6, 6.07) is 6.90. The van der Waals surface area contributed by atoms with Crippen molar-refractivity contribution in [3.8, 4) is 5.69 Å². The van der Waals surface area contributed by atoms with Gasteiger partial charge in [0, 0.05) is 5.69 Å². The molecule has 0 saturated carbocycles. The number of rotatable bonds is 1. The van der Waals surface area contributed by atoms with Crippen LogP contribution in [0.5, 0.6) is 0 Å². The van der Waals surface area contributed by atoms with Crippen LogP contribution in [0.25, 0.3) is 5.69 Å². The first-order chi connectivity index (χ1) is 6.27. The minimum atomic E-state index is -0.259. The van der Waals surface area contributed by atoms with E-state index in [0.29, 0.717) is 11.4 Å². The third kappa shape index (κ3) is 1.31. The third-order valence-corrected chi connectivity index (χ3v) is 1.69. The number of nitrogens with two attached hydrogens (primary N) is 1. The zero-order valence-corrected chi connectivity index (χ0v) is 6.77. The molecule has 13 heavy (non-hydrogen) atoms. The van der Waals surface area contributed by atoms with Gasteiger partial charge in [0.05, 0.1) is 5.69 Å². The van der Waals surface area contributed by atoms with Crippen LogP contribution in [0.4, 0.5) is 5.69 Å². The topological polar surface area (TPSA) is 76.7 Å². The van der Waals surface area contributed by atoms with Crippen LogP contribution in [-0.4, -0.2) is 14.8 Å². The Bertz CT molecular complexity index is 453. The van der Waals surface area contributed by atoms with Crippen LogP contribution in [0, 0.1) is 0 Å². The second kappa shape index (κ2) is 2.78. The Morgan fingerprint density at radius 1 is 1.31 bits per heavy atom. The van der Waals surface area contributed by atoms with Crippen LogP contribution in [0.3, 0.4) is 0 Å². The van der Waals surface area contributed by atoms with E-state index in [9.17, 15) is 4.79 Å². The smallest absolute Gasteiger partial charge is 0.347 e. The van der Waals surface area contributed by atoms with Crippen LogP contribution in [0.1, 0.15) is 0 Å². The minimum Gasteiger partial charge on any atom is -0.399 e. The molecule has 5 heteroatoms. The second-order valence-electron chi connectivity index (χ2n) is 2.60. The Labute approximate surface area is 73.8 Å². The van der Waals surface area contributed by atoms with E-state index in [1.807, 2.05) is 0 Å². The third-order valence-electron chi connectivity index (χ3n) is 1.69. The Hall–Kier alpha value is -2.04. The molecule has 0 unspecified atom stereocenters. The number of nitrogens with zero attached hydrogens (tertiary/aromatic N) is 2. The van der Waals surface area contributed by atoms with Crippen molar-refractivity contribution < 1.29 is 0 Å². The highest BCUT2D eigenvalue weighted by Gasteiger charge is 1.99. The van der Waals surface area contributed by atoms with Crippen molar-refractivity contribution in [3.63, 3.8) is 0 Å². The van der Waals surface area contributed by atoms with Gasteiger partial charge in [-0.2, -0.15) is 9.78 Å². The van der Waals surface area contributed by atoms with Gasteiger partial charge in [0.15, 0.2) is 0 Å². The summed E-state index contributed by atoms with van der Waals surface area (Å²) in [5.74, 6) is 0. The van der Waals surface area contributed by atoms with Crippen LogP contribution < -0.4 is 11.4 Å². The number of anilines is 1. The van der Waals surface area contributed by atoms with Crippen LogP contribution in [-0.2, 0) is 0 Å². The van der Waals surface area contributed by atoms with Gasteiger partial charge in [-0.3, -0.25) is 4.98 Å². The summed E-state index contributed by atoms with van der Waals surface area (Å²) in [5, 5.41) is 3.82. The molecule has 0 spiro atoms. The Morgan fingerprint density at radius 2 is 2.00 bits per heavy atom. The molecule has 1 heterocycles. The number of aromatic nitrogens is 3. The van der Waals surface area contributed by atoms with E-state index < -0.39 is 0 Å². The number of nitrogen functional groups attached to an aromatic ring is 1. The maximum absolute atomic E-state index is 11.1. The average Bonchev–Trinajstić information content (AvgIpc) is 2.53. The van der Waals surface area contributed by atoms with E-state index in [-0.39, 0.29) is 5.69 Å². The molecule has 1 aromatic heterocycles. The van der Waals surface area contributed by atoms with Gasteiger partial charge in [0.2, 0.25) is 0 Å². The van der Waals surface area contributed by atoms with Gasteiger partial charge in [-0.25, -0.2) is 4.79 Å². The number of hydrogen-bond acceptors (Lipinski definition) is 3. The van der Waals surface area contributed by atoms with E-state index in [1.165, 1.54) is 11.0 Å². The molecule has 2 aromatic rings. The first kappa shape index (κ1) is 7.60. The van der Waals surface area contributed by atoms with E-state index >= 15 is 0 Å². The van der Waals surface area contributed by atoms with Crippen LogP contribution >= 0.6 is 0 Å². The van der Waals surface area contributed by atoms with Crippen molar-refractivity contribution in [1.82, 2.24) is 14.8 Å². The van der Waals surface area contributed by atoms with Crippen molar-refractivity contribution in [2.24, 2.45) is 0 Å². The first-order valence-corrected chi connectivity index (χ1v) is 3.76. The fourth-order valence-electron chi connectivity index (χ4n) is 1.05. The lowest BCUT2D eigenvalue weighted by Gasteiger charge is -1.98. The molecule has 0 radical (unpaired) electrons. The zero-order chi connectivity index (χ0) is 9.26. The highest BCUT2D eigenvalue weighted by molar-refractivity contribution is 5.44. The molecular formula is C8H8N4O. The van der Waals surface area contributed by atoms with Crippen molar-refractivity contribution in [1.29, 1.82) is 0 Å². The normalized spacial score (nSPS) is 10.2. The SMILES string of the molecule is Nc1ccc(-n2nc[nH]c2=O)cc1. The predicted molar refractivity (Wildman–Crippen MR) is 48.6 cm³/mol. The Kier molecular flexibility index (Phi) is 1.63. The fraction of sp³-hybridized carbons (Fsp3) is 0. The van der Waals surface area contributed by atoms with Crippen molar-refractivity contribution >= 4 is 5.69 Å². The Morgan fingerprint density at radius 3 is 2.54 bits per heavy atom. The van der Waals surface area contributed by atoms with E-state index in [2.05, 4.69) is 10.1 Å². The molecule has 3 N–H and O–H groups in total. The molecule has 0 aliphatic heterocycles. The first-order valence-electron chi connectivity index (χ1n) is 3.76. The lowest BCUT2D eigenvalue weighted by molar-refractivity contribution is 0.843. The van der Waals surface area contributed by atoms with Gasteiger partial charge >= 0.3 is 5.69 Å². The molecule has 2 rings (SSSR count). The monoisotopic (exact) mass is 176 g/mol. The molecule has 0 aliphatic rings. The number of aromatic amines is 1. The molecular weight excluding hydrogens is 168 g/mol. The molecule has 0 saturated heterocycles. The summed E-state index contributed by atoms with van der Waals surface area (Å²) in [6.07, 6.45) is 1.35. The van der Waals surface area contributed by atoms with Gasteiger partial charge < -0.3 is 5.73 Å². The highest BCUT2D eigenvalue weighted by Crippen LogP contribution is 2.06. The summed E-state index contributed by atoms with van der Waals surface area (Å²) in [4.78, 5) is 13.6. The molecule has 0 amide bonds. The van der Waals surface area contributed by atoms with Crippen molar-refractivity contribution in [3.05, 3.63) is 41.1 Å². The molecule has 0 bridgehead atoms. The zero-order valence-electron chi connectivity index (χ0n) is 6.77. The summed E-state index contributed by atoms with van der Waals surface area (Å²) < 4.78 is 1.26. The van der Waals surface area contributed by atoms with Gasteiger partial charge in [0.1, 0.15) is 6.33 Å². The largest absolute Gasteiger partial charge is 0.399 e.